The molecule has 0 aliphatic carbocycles. The first-order valence-corrected chi connectivity index (χ1v) is 14.4. The summed E-state index contributed by atoms with van der Waals surface area (Å²) in [6.07, 6.45) is 6.71. The van der Waals surface area contributed by atoms with Gasteiger partial charge in [-0.05, 0) is 60.6 Å². The van der Waals surface area contributed by atoms with Crippen molar-refractivity contribution in [2.45, 2.75) is 52.6 Å². The molecule has 2 saturated heterocycles. The maximum absolute atomic E-state index is 13.9. The number of carbonyl (C=O) groups excluding carboxylic acids is 2. The van der Waals surface area contributed by atoms with E-state index in [1.165, 1.54) is 24.3 Å². The second-order valence-electron chi connectivity index (χ2n) is 11.5. The Labute approximate surface area is 253 Å². The Morgan fingerprint density at radius 2 is 1.93 bits per heavy atom. The number of aliphatic hydroxyl groups is 1. The minimum Gasteiger partial charge on any atom is -0.392 e. The smallest absolute Gasteiger partial charge is 0.211 e. The van der Waals surface area contributed by atoms with Gasteiger partial charge in [-0.25, -0.2) is 8.78 Å². The van der Waals surface area contributed by atoms with E-state index in [9.17, 15) is 18.4 Å². The Hall–Kier alpha value is -2.30. The SMILES string of the molecule is C=C/C(Cl)=C(F)\C=C/C[C@H]1CNCC1c1cc(F)c(Cl)cc1NC=O.CC(C)(C)C.O=CNCCN1CCC(O)C1. The van der Waals surface area contributed by atoms with Gasteiger partial charge in [-0.3, -0.25) is 14.5 Å². The Morgan fingerprint density at radius 1 is 1.24 bits per heavy atom. The number of nitrogens with one attached hydrogen (secondary N) is 3. The van der Waals surface area contributed by atoms with E-state index >= 15 is 0 Å². The van der Waals surface area contributed by atoms with E-state index in [1.807, 2.05) is 0 Å². The summed E-state index contributed by atoms with van der Waals surface area (Å²) in [5.41, 5.74) is 1.64. The highest BCUT2D eigenvalue weighted by molar-refractivity contribution is 6.31. The number of nitrogens with zero attached hydrogens (tertiary/aromatic N) is 1. The molecule has 0 radical (unpaired) electrons. The van der Waals surface area contributed by atoms with Crippen molar-refractivity contribution in [2.75, 3.05) is 44.6 Å². The fourth-order valence-corrected chi connectivity index (χ4v) is 4.45. The summed E-state index contributed by atoms with van der Waals surface area (Å²) in [6, 6.07) is 2.75. The molecule has 0 saturated carbocycles. The van der Waals surface area contributed by atoms with Gasteiger partial charge in [-0.15, -0.1) is 0 Å². The van der Waals surface area contributed by atoms with E-state index < -0.39 is 11.6 Å². The Bertz CT molecular complexity index is 1040. The van der Waals surface area contributed by atoms with E-state index in [1.54, 1.807) is 6.08 Å². The average molecular weight is 618 g/mol. The van der Waals surface area contributed by atoms with Gasteiger partial charge in [0.25, 0.3) is 0 Å². The number of likely N-dealkylation sites (tertiary alicyclic amines) is 1. The molecule has 4 N–H and O–H groups in total. The van der Waals surface area contributed by atoms with Gasteiger partial charge in [-0.2, -0.15) is 0 Å². The number of anilines is 1. The van der Waals surface area contributed by atoms with E-state index in [0.29, 0.717) is 55.5 Å². The molecule has 2 heterocycles. The third kappa shape index (κ3) is 14.9. The van der Waals surface area contributed by atoms with E-state index in [-0.39, 0.29) is 28.0 Å². The molecule has 1 aromatic carbocycles. The zero-order valence-corrected chi connectivity index (χ0v) is 25.9. The third-order valence-corrected chi connectivity index (χ3v) is 6.68. The van der Waals surface area contributed by atoms with Gasteiger partial charge in [0.1, 0.15) is 11.6 Å². The van der Waals surface area contributed by atoms with Crippen molar-refractivity contribution in [2.24, 2.45) is 11.3 Å². The van der Waals surface area contributed by atoms with E-state index in [2.05, 4.69) is 55.1 Å². The zero-order valence-electron chi connectivity index (χ0n) is 24.4. The minimum atomic E-state index is -0.556. The van der Waals surface area contributed by atoms with Crippen molar-refractivity contribution in [1.82, 2.24) is 15.5 Å². The van der Waals surface area contributed by atoms with Gasteiger partial charge < -0.3 is 21.1 Å². The van der Waals surface area contributed by atoms with Crippen molar-refractivity contribution in [3.8, 4) is 0 Å². The topological polar surface area (TPSA) is 93.7 Å². The van der Waals surface area contributed by atoms with Crippen LogP contribution in [0.3, 0.4) is 0 Å². The normalized spacial score (nSPS) is 21.2. The van der Waals surface area contributed by atoms with Crippen LogP contribution in [0.15, 0.2) is 47.8 Å². The molecule has 2 aliphatic rings. The van der Waals surface area contributed by atoms with Crippen LogP contribution in [-0.2, 0) is 9.59 Å². The zero-order chi connectivity index (χ0) is 31.0. The highest BCUT2D eigenvalue weighted by Crippen LogP contribution is 2.37. The highest BCUT2D eigenvalue weighted by atomic mass is 35.5. The summed E-state index contributed by atoms with van der Waals surface area (Å²) in [6.45, 7) is 16.7. The van der Waals surface area contributed by atoms with E-state index in [0.717, 1.165) is 26.1 Å². The summed E-state index contributed by atoms with van der Waals surface area (Å²) in [5.74, 6) is -1.03. The number of carbonyl (C=O) groups is 2. The van der Waals surface area contributed by atoms with Crippen LogP contribution in [0.2, 0.25) is 5.02 Å². The van der Waals surface area contributed by atoms with Gasteiger partial charge in [0.05, 0.1) is 16.2 Å². The number of rotatable bonds is 11. The largest absolute Gasteiger partial charge is 0.392 e. The summed E-state index contributed by atoms with van der Waals surface area (Å²) >= 11 is 11.5. The second kappa shape index (κ2) is 19.0. The van der Waals surface area contributed by atoms with Gasteiger partial charge in [0.15, 0.2) is 0 Å². The molecular weight excluding hydrogens is 573 g/mol. The van der Waals surface area contributed by atoms with Gasteiger partial charge in [-0.1, -0.05) is 63.6 Å². The number of halogens is 4. The van der Waals surface area contributed by atoms with Gasteiger partial charge in [0.2, 0.25) is 12.8 Å². The lowest BCUT2D eigenvalue weighted by Crippen LogP contribution is -2.30. The fraction of sp³-hybridized carbons (Fsp3) is 0.533. The number of β-amino-alcohol motifs (C(OH)–C–C–N with tert-alkyl or cyclic N) is 1. The summed E-state index contributed by atoms with van der Waals surface area (Å²) in [4.78, 5) is 22.8. The number of amides is 2. The van der Waals surface area contributed by atoms with Crippen molar-refractivity contribution < 1.29 is 23.5 Å². The first kappa shape index (κ1) is 36.7. The lowest BCUT2D eigenvalue weighted by molar-refractivity contribution is -0.109. The van der Waals surface area contributed by atoms with Gasteiger partial charge in [0, 0.05) is 44.3 Å². The van der Waals surface area contributed by atoms with Crippen LogP contribution in [-0.4, -0.2) is 68.2 Å². The lowest BCUT2D eigenvalue weighted by atomic mass is 9.85. The molecule has 3 atom stereocenters. The minimum absolute atomic E-state index is 0.0409. The van der Waals surface area contributed by atoms with Crippen molar-refractivity contribution in [3.05, 3.63) is 64.2 Å². The molecule has 2 unspecified atom stereocenters. The molecule has 7 nitrogen and oxygen atoms in total. The molecule has 2 amide bonds. The Morgan fingerprint density at radius 3 is 2.49 bits per heavy atom. The van der Waals surface area contributed by atoms with Gasteiger partial charge >= 0.3 is 0 Å². The van der Waals surface area contributed by atoms with Crippen molar-refractivity contribution >= 4 is 41.7 Å². The third-order valence-electron chi connectivity index (χ3n) is 6.06. The monoisotopic (exact) mass is 616 g/mol. The molecule has 3 rings (SSSR count). The first-order chi connectivity index (χ1) is 19.3. The number of allylic oxidation sites excluding steroid dienone is 5. The van der Waals surface area contributed by atoms with E-state index in [4.69, 9.17) is 28.3 Å². The molecule has 0 bridgehead atoms. The quantitative estimate of drug-likeness (QED) is 0.144. The number of hydrogen-bond acceptors (Lipinski definition) is 5. The number of benzene rings is 1. The first-order valence-electron chi connectivity index (χ1n) is 13.6. The molecule has 1 aromatic rings. The molecule has 2 fully saturated rings. The maximum atomic E-state index is 13.9. The summed E-state index contributed by atoms with van der Waals surface area (Å²) in [7, 11) is 0. The molecular formula is C30H44Cl2F2N4O3. The predicted octanol–water partition coefficient (Wildman–Crippen LogP) is 5.75. The average Bonchev–Trinajstić information content (AvgIpc) is 3.54. The number of aliphatic hydroxyl groups excluding tert-OH is 1. The van der Waals surface area contributed by atoms with Crippen molar-refractivity contribution in [1.29, 1.82) is 0 Å². The van der Waals surface area contributed by atoms with Crippen LogP contribution >= 0.6 is 23.2 Å². The summed E-state index contributed by atoms with van der Waals surface area (Å²) < 4.78 is 27.5. The maximum Gasteiger partial charge on any atom is 0.211 e. The fourth-order valence-electron chi connectivity index (χ4n) is 4.22. The van der Waals surface area contributed by atoms with Crippen LogP contribution in [0.4, 0.5) is 14.5 Å². The molecule has 0 aromatic heterocycles. The number of hydrogen-bond donors (Lipinski definition) is 4. The van der Waals surface area contributed by atoms with Crippen molar-refractivity contribution in [3.63, 3.8) is 0 Å². The predicted molar refractivity (Wildman–Crippen MR) is 164 cm³/mol. The second-order valence-corrected chi connectivity index (χ2v) is 12.3. The Balaban J connectivity index is 0.000000431. The Kier molecular flexibility index (Phi) is 17.0. The molecule has 230 valence electrons. The molecule has 11 heteroatoms. The van der Waals surface area contributed by atoms with Crippen LogP contribution < -0.4 is 16.0 Å². The lowest BCUT2D eigenvalue weighted by Gasteiger charge is -2.21. The standard InChI is InChI=1S/C18H18Cl2F2N2O.C7H14N2O2.C5H12/c1-2-14(19)16(21)5-3-4-11-8-23-9-13(11)12-6-17(22)15(20)7-18(12)24-10-25;10-6-8-2-4-9-3-1-7(11)5-9;1-5(2,3)4/h2-3,5-7,10-11,13,23H,1,4,8-9H2,(H,24,25);6-7,11H,1-5H2,(H,8,10);1-4H3/b5-3-,16-14-;;/t11-,13?;;/m0../s1. The highest BCUT2D eigenvalue weighted by Gasteiger charge is 2.30. The molecule has 2 aliphatic heterocycles. The van der Waals surface area contributed by atoms with Crippen LogP contribution in [0, 0.1) is 17.2 Å². The van der Waals surface area contributed by atoms with Crippen LogP contribution in [0.5, 0.6) is 0 Å². The molecule has 41 heavy (non-hydrogen) atoms. The van der Waals surface area contributed by atoms with Crippen LogP contribution in [0.1, 0.15) is 52.0 Å². The van der Waals surface area contributed by atoms with Crippen LogP contribution in [0.25, 0.3) is 0 Å². The summed E-state index contributed by atoms with van der Waals surface area (Å²) in [5, 5.41) is 17.4. The molecule has 0 spiro atoms.